The zero-order chi connectivity index (χ0) is 15.4. The van der Waals surface area contributed by atoms with Gasteiger partial charge in [0.25, 0.3) is 0 Å². The lowest BCUT2D eigenvalue weighted by Crippen LogP contribution is -2.28. The molecule has 1 aromatic rings. The van der Waals surface area contributed by atoms with Crippen LogP contribution in [0.3, 0.4) is 0 Å². The highest BCUT2D eigenvalue weighted by atomic mass is 16.5. The van der Waals surface area contributed by atoms with Crippen LogP contribution in [-0.2, 0) is 16.0 Å². The Hall–Kier alpha value is -1.92. The Morgan fingerprint density at radius 1 is 1.57 bits per heavy atom. The summed E-state index contributed by atoms with van der Waals surface area (Å²) in [6.45, 7) is 3.15. The van der Waals surface area contributed by atoms with E-state index in [1.165, 1.54) is 0 Å². The number of primary amides is 1. The van der Waals surface area contributed by atoms with Crippen LogP contribution in [0.5, 0.6) is 0 Å². The number of aliphatic imine (C=N–C) groups is 1. The lowest BCUT2D eigenvalue weighted by atomic mass is 9.99. The molecule has 0 saturated heterocycles. The van der Waals surface area contributed by atoms with Gasteiger partial charge in [0.1, 0.15) is 0 Å². The van der Waals surface area contributed by atoms with Gasteiger partial charge in [-0.25, -0.2) is 4.99 Å². The number of amides is 1. The van der Waals surface area contributed by atoms with E-state index in [4.69, 9.17) is 10.5 Å². The molecular weight excluding hydrogens is 270 g/mol. The standard InChI is InChI=1S/C15H21N3O3/c1-9(17-5-6-21-2)18-11-4-3-10-7-13(19)14(15(16)20)12(10)8-11/h3-4,8,13-14,19H,5-7H2,1-2H3,(H2,16,20)(H,17,18). The number of aliphatic hydroxyl groups is 1. The van der Waals surface area contributed by atoms with Crippen LogP contribution < -0.4 is 11.1 Å². The molecule has 114 valence electrons. The number of ether oxygens (including phenoxy) is 1. The van der Waals surface area contributed by atoms with Crippen molar-refractivity contribution in [2.45, 2.75) is 25.4 Å². The second-order valence-electron chi connectivity index (χ2n) is 5.15. The Morgan fingerprint density at radius 2 is 2.33 bits per heavy atom. The summed E-state index contributed by atoms with van der Waals surface area (Å²) in [5, 5.41) is 13.1. The van der Waals surface area contributed by atoms with Crippen molar-refractivity contribution in [3.8, 4) is 0 Å². The van der Waals surface area contributed by atoms with Crippen LogP contribution in [0.15, 0.2) is 23.2 Å². The predicted molar refractivity (Wildman–Crippen MR) is 80.7 cm³/mol. The van der Waals surface area contributed by atoms with Gasteiger partial charge in [0.15, 0.2) is 0 Å². The van der Waals surface area contributed by atoms with Crippen molar-refractivity contribution in [2.24, 2.45) is 10.7 Å². The number of carbonyl (C=O) groups is 1. The molecule has 0 fully saturated rings. The van der Waals surface area contributed by atoms with E-state index in [-0.39, 0.29) is 0 Å². The van der Waals surface area contributed by atoms with E-state index in [0.29, 0.717) is 19.6 Å². The van der Waals surface area contributed by atoms with E-state index < -0.39 is 17.9 Å². The lowest BCUT2D eigenvalue weighted by molar-refractivity contribution is -0.121. The third-order valence-corrected chi connectivity index (χ3v) is 3.57. The first-order chi connectivity index (χ1) is 10.0. The summed E-state index contributed by atoms with van der Waals surface area (Å²) >= 11 is 0. The highest BCUT2D eigenvalue weighted by Gasteiger charge is 2.35. The summed E-state index contributed by atoms with van der Waals surface area (Å²) < 4.78 is 4.96. The Bertz CT molecular complexity index is 557. The zero-order valence-corrected chi connectivity index (χ0v) is 12.3. The lowest BCUT2D eigenvalue weighted by Gasteiger charge is -2.11. The molecule has 4 N–H and O–H groups in total. The Balaban J connectivity index is 2.18. The number of nitrogens with zero attached hydrogens (tertiary/aromatic N) is 1. The summed E-state index contributed by atoms with van der Waals surface area (Å²) in [6, 6.07) is 5.58. The van der Waals surface area contributed by atoms with E-state index in [1.807, 2.05) is 25.1 Å². The number of hydrogen-bond acceptors (Lipinski definition) is 4. The van der Waals surface area contributed by atoms with Crippen LogP contribution in [0, 0.1) is 0 Å². The summed E-state index contributed by atoms with van der Waals surface area (Å²) in [6.07, 6.45) is -0.282. The number of aliphatic hydroxyl groups excluding tert-OH is 1. The third-order valence-electron chi connectivity index (χ3n) is 3.57. The number of methoxy groups -OCH3 is 1. The molecule has 0 saturated carbocycles. The molecule has 21 heavy (non-hydrogen) atoms. The van der Waals surface area contributed by atoms with Crippen LogP contribution in [-0.4, -0.2) is 43.2 Å². The molecule has 0 radical (unpaired) electrons. The summed E-state index contributed by atoms with van der Waals surface area (Å²) in [5.41, 5.74) is 7.84. The van der Waals surface area contributed by atoms with Crippen molar-refractivity contribution in [2.75, 3.05) is 20.3 Å². The fourth-order valence-corrected chi connectivity index (χ4v) is 2.59. The number of nitrogens with two attached hydrogens (primary N) is 1. The van der Waals surface area contributed by atoms with Gasteiger partial charge in [0.05, 0.1) is 30.2 Å². The first-order valence-electron chi connectivity index (χ1n) is 6.91. The molecule has 0 aromatic heterocycles. The quantitative estimate of drug-likeness (QED) is 0.417. The highest BCUT2D eigenvalue weighted by molar-refractivity contribution is 5.85. The zero-order valence-electron chi connectivity index (χ0n) is 12.3. The van der Waals surface area contributed by atoms with Crippen LogP contribution in [0.1, 0.15) is 24.0 Å². The van der Waals surface area contributed by atoms with Gasteiger partial charge in [-0.15, -0.1) is 0 Å². The van der Waals surface area contributed by atoms with Gasteiger partial charge in [0, 0.05) is 13.7 Å². The topological polar surface area (TPSA) is 96.9 Å². The summed E-state index contributed by atoms with van der Waals surface area (Å²) in [4.78, 5) is 15.9. The third kappa shape index (κ3) is 3.59. The molecule has 0 bridgehead atoms. The maximum Gasteiger partial charge on any atom is 0.227 e. The van der Waals surface area contributed by atoms with Gasteiger partial charge in [-0.05, 0) is 36.6 Å². The van der Waals surface area contributed by atoms with E-state index in [1.54, 1.807) is 7.11 Å². The smallest absolute Gasteiger partial charge is 0.227 e. The van der Waals surface area contributed by atoms with E-state index >= 15 is 0 Å². The molecular formula is C15H21N3O3. The first-order valence-corrected chi connectivity index (χ1v) is 6.91. The minimum atomic E-state index is -0.738. The molecule has 0 aliphatic heterocycles. The molecule has 2 rings (SSSR count). The van der Waals surface area contributed by atoms with Crippen molar-refractivity contribution in [1.82, 2.24) is 5.32 Å². The molecule has 2 atom stereocenters. The van der Waals surface area contributed by atoms with Crippen molar-refractivity contribution in [3.63, 3.8) is 0 Å². The molecule has 0 heterocycles. The van der Waals surface area contributed by atoms with Gasteiger partial charge in [-0.2, -0.15) is 0 Å². The van der Waals surface area contributed by atoms with E-state index in [9.17, 15) is 9.90 Å². The summed E-state index contributed by atoms with van der Waals surface area (Å²) in [5.74, 6) is -0.379. The highest BCUT2D eigenvalue weighted by Crippen LogP contribution is 2.35. The molecule has 0 spiro atoms. The minimum Gasteiger partial charge on any atom is -0.392 e. The van der Waals surface area contributed by atoms with Crippen LogP contribution in [0.4, 0.5) is 5.69 Å². The van der Waals surface area contributed by atoms with Crippen molar-refractivity contribution >= 4 is 17.4 Å². The molecule has 1 aliphatic carbocycles. The van der Waals surface area contributed by atoms with Gasteiger partial charge in [0.2, 0.25) is 5.91 Å². The number of rotatable bonds is 5. The predicted octanol–water partition coefficient (Wildman–Crippen LogP) is 0.458. The van der Waals surface area contributed by atoms with E-state index in [0.717, 1.165) is 22.6 Å². The Kier molecular flexibility index (Phi) is 4.93. The van der Waals surface area contributed by atoms with Gasteiger partial charge in [-0.1, -0.05) is 6.07 Å². The Labute approximate surface area is 124 Å². The van der Waals surface area contributed by atoms with Gasteiger partial charge in [-0.3, -0.25) is 4.79 Å². The number of carbonyl (C=O) groups excluding carboxylic acids is 1. The van der Waals surface area contributed by atoms with Crippen molar-refractivity contribution in [1.29, 1.82) is 0 Å². The van der Waals surface area contributed by atoms with Crippen LogP contribution in [0.25, 0.3) is 0 Å². The minimum absolute atomic E-state index is 0.456. The Morgan fingerprint density at radius 3 is 3.00 bits per heavy atom. The van der Waals surface area contributed by atoms with Crippen LogP contribution in [0.2, 0.25) is 0 Å². The molecule has 6 nitrogen and oxygen atoms in total. The maximum atomic E-state index is 11.5. The largest absolute Gasteiger partial charge is 0.392 e. The first kappa shape index (κ1) is 15.5. The second kappa shape index (κ2) is 6.69. The molecule has 2 unspecified atom stereocenters. The second-order valence-corrected chi connectivity index (χ2v) is 5.15. The molecule has 1 aliphatic rings. The SMILES string of the molecule is COCCNC(C)=Nc1ccc2c(c1)C(C(N)=O)C(O)C2. The molecule has 6 heteroatoms. The fourth-order valence-electron chi connectivity index (χ4n) is 2.59. The average molecular weight is 291 g/mol. The monoisotopic (exact) mass is 291 g/mol. The molecule has 1 aromatic carbocycles. The number of benzene rings is 1. The normalized spacial score (nSPS) is 21.2. The summed E-state index contributed by atoms with van der Waals surface area (Å²) in [7, 11) is 1.64. The maximum absolute atomic E-state index is 11.5. The number of fused-ring (bicyclic) bond motifs is 1. The van der Waals surface area contributed by atoms with Gasteiger partial charge >= 0.3 is 0 Å². The average Bonchev–Trinajstić information content (AvgIpc) is 2.74. The van der Waals surface area contributed by atoms with Crippen LogP contribution >= 0.6 is 0 Å². The van der Waals surface area contributed by atoms with Crippen molar-refractivity contribution in [3.05, 3.63) is 29.3 Å². The van der Waals surface area contributed by atoms with Gasteiger partial charge < -0.3 is 20.9 Å². The van der Waals surface area contributed by atoms with E-state index in [2.05, 4.69) is 10.3 Å². The molecule has 1 amide bonds. The number of hydrogen-bond donors (Lipinski definition) is 3. The van der Waals surface area contributed by atoms with Crippen molar-refractivity contribution < 1.29 is 14.6 Å². The fraction of sp³-hybridized carbons (Fsp3) is 0.467. The number of amidine groups is 1. The number of nitrogens with one attached hydrogen (secondary N) is 1.